The van der Waals surface area contributed by atoms with Gasteiger partial charge >= 0.3 is 0 Å². The number of nitrogens with zero attached hydrogens (tertiary/aromatic N) is 5. The van der Waals surface area contributed by atoms with Crippen LogP contribution in [0.15, 0.2) is 70.0 Å². The highest BCUT2D eigenvalue weighted by Crippen LogP contribution is 2.30. The van der Waals surface area contributed by atoms with Crippen molar-refractivity contribution >= 4 is 50.3 Å². The normalized spacial score (nSPS) is 11.2. The molecule has 0 aliphatic rings. The molecule has 0 spiro atoms. The van der Waals surface area contributed by atoms with E-state index < -0.39 is 0 Å². The van der Waals surface area contributed by atoms with Crippen molar-refractivity contribution in [2.75, 3.05) is 5.32 Å². The third-order valence-corrected chi connectivity index (χ3v) is 5.93. The summed E-state index contributed by atoms with van der Waals surface area (Å²) < 4.78 is 9.80. The lowest BCUT2D eigenvalue weighted by Crippen LogP contribution is -2.20. The zero-order valence-electron chi connectivity index (χ0n) is 17.5. The fourth-order valence-electron chi connectivity index (χ4n) is 3.68. The van der Waals surface area contributed by atoms with E-state index in [2.05, 4.69) is 36.4 Å². The Balaban J connectivity index is 1.34. The van der Waals surface area contributed by atoms with Crippen LogP contribution in [-0.4, -0.2) is 30.5 Å². The van der Waals surface area contributed by atoms with Gasteiger partial charge in [0.2, 0.25) is 5.91 Å². The molecule has 33 heavy (non-hydrogen) atoms. The summed E-state index contributed by atoms with van der Waals surface area (Å²) >= 11 is 9.73. The van der Waals surface area contributed by atoms with Gasteiger partial charge in [-0.25, -0.2) is 9.67 Å². The van der Waals surface area contributed by atoms with Crippen LogP contribution in [0.4, 0.5) is 5.82 Å². The molecule has 8 nitrogen and oxygen atoms in total. The van der Waals surface area contributed by atoms with E-state index in [0.29, 0.717) is 23.0 Å². The molecular weight excluding hydrogens is 508 g/mol. The predicted molar refractivity (Wildman–Crippen MR) is 129 cm³/mol. The van der Waals surface area contributed by atoms with Crippen LogP contribution in [0, 0.1) is 6.92 Å². The number of furan rings is 1. The number of nitrogens with one attached hydrogen (secondary N) is 1. The molecule has 1 aromatic carbocycles. The molecule has 0 bridgehead atoms. The first-order valence-electron chi connectivity index (χ1n) is 10.1. The van der Waals surface area contributed by atoms with E-state index in [4.69, 9.17) is 16.0 Å². The summed E-state index contributed by atoms with van der Waals surface area (Å²) in [6, 6.07) is 13.5. The minimum Gasteiger partial charge on any atom is -0.464 e. The Labute approximate surface area is 202 Å². The van der Waals surface area contributed by atoms with Gasteiger partial charge in [0.25, 0.3) is 0 Å². The monoisotopic (exact) mass is 524 g/mol. The average Bonchev–Trinajstić information content (AvgIpc) is 3.51. The molecule has 10 heteroatoms. The lowest BCUT2D eigenvalue weighted by molar-refractivity contribution is -0.116. The Hall–Kier alpha value is -3.43. The molecule has 4 heterocycles. The molecule has 166 valence electrons. The highest BCUT2D eigenvalue weighted by molar-refractivity contribution is 9.10. The lowest BCUT2D eigenvalue weighted by atomic mass is 10.1. The van der Waals surface area contributed by atoms with Crippen LogP contribution < -0.4 is 5.32 Å². The number of benzene rings is 1. The summed E-state index contributed by atoms with van der Waals surface area (Å²) in [5, 5.41) is 12.9. The molecular formula is C23H18BrClN6O2. The molecule has 0 aliphatic heterocycles. The number of halogens is 2. The van der Waals surface area contributed by atoms with Gasteiger partial charge in [-0.2, -0.15) is 10.2 Å². The molecule has 5 aromatic rings. The number of amides is 1. The van der Waals surface area contributed by atoms with Crippen LogP contribution in [0.5, 0.6) is 0 Å². The topological polar surface area (TPSA) is 90.8 Å². The third kappa shape index (κ3) is 4.42. The van der Waals surface area contributed by atoms with Crippen molar-refractivity contribution in [2.24, 2.45) is 0 Å². The minimum absolute atomic E-state index is 0.0329. The average molecular weight is 526 g/mol. The summed E-state index contributed by atoms with van der Waals surface area (Å²) in [7, 11) is 0. The Kier molecular flexibility index (Phi) is 5.74. The van der Waals surface area contributed by atoms with Crippen molar-refractivity contribution in [3.63, 3.8) is 0 Å². The summed E-state index contributed by atoms with van der Waals surface area (Å²) in [5.74, 6) is 0.717. The van der Waals surface area contributed by atoms with Crippen molar-refractivity contribution in [2.45, 2.75) is 20.0 Å². The van der Waals surface area contributed by atoms with Crippen molar-refractivity contribution in [3.05, 3.63) is 81.9 Å². The fraction of sp³-hybridized carbons (Fsp3) is 0.130. The molecule has 0 atom stereocenters. The van der Waals surface area contributed by atoms with Gasteiger partial charge in [0, 0.05) is 22.4 Å². The lowest BCUT2D eigenvalue weighted by Gasteiger charge is -2.05. The van der Waals surface area contributed by atoms with E-state index >= 15 is 0 Å². The Morgan fingerprint density at radius 2 is 2.00 bits per heavy atom. The molecule has 0 aliphatic carbocycles. The minimum atomic E-state index is -0.305. The molecule has 4 aromatic heterocycles. The van der Waals surface area contributed by atoms with Gasteiger partial charge in [-0.15, -0.1) is 0 Å². The third-order valence-electron chi connectivity index (χ3n) is 5.12. The summed E-state index contributed by atoms with van der Waals surface area (Å²) in [5.41, 5.74) is 3.30. The number of aryl methyl sites for hydroxylation is 1. The van der Waals surface area contributed by atoms with Crippen LogP contribution in [0.25, 0.3) is 22.4 Å². The summed E-state index contributed by atoms with van der Waals surface area (Å²) in [6.45, 7) is 2.38. The van der Waals surface area contributed by atoms with E-state index in [-0.39, 0.29) is 12.5 Å². The molecule has 5 rings (SSSR count). The quantitative estimate of drug-likeness (QED) is 0.325. The Morgan fingerprint density at radius 3 is 2.76 bits per heavy atom. The fourth-order valence-corrected chi connectivity index (χ4v) is 4.14. The zero-order chi connectivity index (χ0) is 22.9. The number of fused-ring (bicyclic) bond motifs is 1. The molecule has 0 saturated carbocycles. The first-order valence-corrected chi connectivity index (χ1v) is 11.3. The van der Waals surface area contributed by atoms with Crippen LogP contribution in [-0.2, 0) is 17.9 Å². The van der Waals surface area contributed by atoms with Gasteiger partial charge in [0.15, 0.2) is 11.5 Å². The molecule has 1 amide bonds. The molecule has 0 radical (unpaired) electrons. The van der Waals surface area contributed by atoms with Gasteiger partial charge in [-0.05, 0) is 42.8 Å². The summed E-state index contributed by atoms with van der Waals surface area (Å²) in [6.07, 6.45) is 4.98. The maximum atomic E-state index is 12.8. The predicted octanol–water partition coefficient (Wildman–Crippen LogP) is 5.30. The van der Waals surface area contributed by atoms with Gasteiger partial charge in [-0.1, -0.05) is 39.7 Å². The van der Waals surface area contributed by atoms with Crippen molar-refractivity contribution in [1.82, 2.24) is 24.5 Å². The maximum Gasteiger partial charge on any atom is 0.247 e. The second kappa shape index (κ2) is 8.84. The molecule has 0 saturated heterocycles. The highest BCUT2D eigenvalue weighted by Gasteiger charge is 2.18. The highest BCUT2D eigenvalue weighted by atomic mass is 79.9. The molecule has 0 unspecified atom stereocenters. The zero-order valence-corrected chi connectivity index (χ0v) is 19.8. The number of aromatic nitrogens is 5. The van der Waals surface area contributed by atoms with Gasteiger partial charge in [0.1, 0.15) is 17.3 Å². The first kappa shape index (κ1) is 21.4. The number of pyridine rings is 1. The van der Waals surface area contributed by atoms with E-state index in [1.807, 2.05) is 49.4 Å². The smallest absolute Gasteiger partial charge is 0.247 e. The van der Waals surface area contributed by atoms with Crippen molar-refractivity contribution in [3.8, 4) is 11.3 Å². The first-order chi connectivity index (χ1) is 16.0. The number of hydrogen-bond donors (Lipinski definition) is 1. The number of carbonyl (C=O) groups excluding carboxylic acids is 1. The van der Waals surface area contributed by atoms with E-state index in [1.165, 1.54) is 0 Å². The van der Waals surface area contributed by atoms with Crippen LogP contribution in [0.3, 0.4) is 0 Å². The molecule has 0 fully saturated rings. The van der Waals surface area contributed by atoms with E-state index in [0.717, 1.165) is 32.4 Å². The van der Waals surface area contributed by atoms with Gasteiger partial charge in [0.05, 0.1) is 23.9 Å². The SMILES string of the molecule is Cc1nn(CC(=O)Nc2nn(Cc3ccc(Br)cc3)cc2Cl)c2nccc(-c3ccco3)c12. The summed E-state index contributed by atoms with van der Waals surface area (Å²) in [4.78, 5) is 17.2. The van der Waals surface area contributed by atoms with Crippen LogP contribution in [0.2, 0.25) is 5.02 Å². The van der Waals surface area contributed by atoms with E-state index in [1.54, 1.807) is 28.0 Å². The maximum absolute atomic E-state index is 12.8. The van der Waals surface area contributed by atoms with E-state index in [9.17, 15) is 4.79 Å². The van der Waals surface area contributed by atoms with Gasteiger partial charge < -0.3 is 9.73 Å². The van der Waals surface area contributed by atoms with Crippen molar-refractivity contribution < 1.29 is 9.21 Å². The number of hydrogen-bond acceptors (Lipinski definition) is 5. The second-order valence-electron chi connectivity index (χ2n) is 7.48. The standard InChI is InChI=1S/C23H18BrClN6O2/c1-14-21-17(19-3-2-10-33-19)8-9-26-23(21)31(28-14)13-20(32)27-22-18(25)12-30(29-22)11-15-4-6-16(24)7-5-15/h2-10,12H,11,13H2,1H3,(H,27,29,32). The van der Waals surface area contributed by atoms with Gasteiger partial charge in [-0.3, -0.25) is 9.48 Å². The van der Waals surface area contributed by atoms with Crippen LogP contribution in [0.1, 0.15) is 11.3 Å². The number of carbonyl (C=O) groups is 1. The van der Waals surface area contributed by atoms with Crippen LogP contribution >= 0.6 is 27.5 Å². The molecule has 1 N–H and O–H groups in total. The Bertz CT molecular complexity index is 1440. The largest absolute Gasteiger partial charge is 0.464 e. The Morgan fingerprint density at radius 1 is 1.18 bits per heavy atom. The van der Waals surface area contributed by atoms with Crippen molar-refractivity contribution in [1.29, 1.82) is 0 Å². The number of anilines is 1. The number of rotatable bonds is 6. The second-order valence-corrected chi connectivity index (χ2v) is 8.80.